The summed E-state index contributed by atoms with van der Waals surface area (Å²) in [6, 6.07) is 12.0. The normalized spacial score (nSPS) is 11.7. The highest BCUT2D eigenvalue weighted by molar-refractivity contribution is 6.74. The molecule has 0 aliphatic carbocycles. The van der Waals surface area contributed by atoms with E-state index >= 15 is 0 Å². The Kier molecular flexibility index (Phi) is 14.1. The minimum Gasteiger partial charge on any atom is -0.542 e. The summed E-state index contributed by atoms with van der Waals surface area (Å²) in [5.41, 5.74) is 0. The van der Waals surface area contributed by atoms with Gasteiger partial charge in [0.25, 0.3) is 8.32 Å². The van der Waals surface area contributed by atoms with Crippen LogP contribution in [0.25, 0.3) is 0 Å². The van der Waals surface area contributed by atoms with E-state index in [1.807, 2.05) is 12.1 Å². The molecule has 0 amide bonds. The highest BCUT2D eigenvalue weighted by Crippen LogP contribution is 2.35. The zero-order chi connectivity index (χ0) is 19.8. The molecule has 27 heavy (non-hydrogen) atoms. The largest absolute Gasteiger partial charge is 0.542 e. The Bertz CT molecular complexity index is 446. The van der Waals surface area contributed by atoms with Crippen LogP contribution in [0, 0.1) is 0 Å². The van der Waals surface area contributed by atoms with E-state index in [0.717, 1.165) is 10.8 Å². The molecule has 1 rings (SSSR count). The molecule has 0 spiro atoms. The van der Waals surface area contributed by atoms with E-state index in [4.69, 9.17) is 16.0 Å². The highest BCUT2D eigenvalue weighted by Gasteiger charge is 2.35. The van der Waals surface area contributed by atoms with E-state index in [9.17, 15) is 0 Å². The van der Waals surface area contributed by atoms with Crippen LogP contribution in [0.5, 0.6) is 5.75 Å². The third-order valence-corrected chi connectivity index (χ3v) is 10.4. The van der Waals surface area contributed by atoms with Gasteiger partial charge in [-0.1, -0.05) is 122 Å². The van der Waals surface area contributed by atoms with Crippen LogP contribution in [-0.4, -0.2) is 8.32 Å². The molecule has 0 bridgehead atoms. The minimum atomic E-state index is -1.80. The summed E-state index contributed by atoms with van der Waals surface area (Å²) in [6.45, 7) is 6.88. The molecule has 0 aliphatic rings. The summed E-state index contributed by atoms with van der Waals surface area (Å²) in [4.78, 5) is 0. The van der Waals surface area contributed by atoms with Crippen molar-refractivity contribution in [3.05, 3.63) is 29.3 Å². The molecule has 1 nitrogen and oxygen atoms in total. The molecule has 156 valence electrons. The van der Waals surface area contributed by atoms with Crippen LogP contribution in [0.2, 0.25) is 23.2 Å². The number of benzene rings is 1. The Labute approximate surface area is 175 Å². The lowest BCUT2D eigenvalue weighted by Gasteiger charge is -2.33. The van der Waals surface area contributed by atoms with Crippen molar-refractivity contribution in [2.75, 3.05) is 0 Å². The van der Waals surface area contributed by atoms with E-state index < -0.39 is 8.32 Å². The topological polar surface area (TPSA) is 9.23 Å². The Hall–Kier alpha value is -0.473. The number of rotatable bonds is 17. The first kappa shape index (κ1) is 24.6. The number of para-hydroxylation sites is 1. The van der Waals surface area contributed by atoms with Crippen LogP contribution in [0.15, 0.2) is 24.3 Å². The Morgan fingerprint density at radius 1 is 0.667 bits per heavy atom. The summed E-state index contributed by atoms with van der Waals surface area (Å²) >= 11 is 6.48. The average molecular weight is 411 g/mol. The lowest BCUT2D eigenvalue weighted by Crippen LogP contribution is -2.41. The van der Waals surface area contributed by atoms with Crippen molar-refractivity contribution in [1.29, 1.82) is 0 Å². The Morgan fingerprint density at radius 3 is 1.52 bits per heavy atom. The van der Waals surface area contributed by atoms with Gasteiger partial charge in [-0.05, 0) is 30.3 Å². The quantitative estimate of drug-likeness (QED) is 0.183. The fourth-order valence-electron chi connectivity index (χ4n) is 3.91. The van der Waals surface area contributed by atoms with Gasteiger partial charge in [-0.3, -0.25) is 0 Å². The first-order valence-electron chi connectivity index (χ1n) is 11.6. The van der Waals surface area contributed by atoms with Crippen molar-refractivity contribution in [3.8, 4) is 5.75 Å². The monoisotopic (exact) mass is 410 g/mol. The smallest absolute Gasteiger partial charge is 0.251 e. The average Bonchev–Trinajstić information content (AvgIpc) is 2.68. The number of unbranched alkanes of at least 4 members (excludes halogenated alkanes) is 9. The Balaban J connectivity index is 2.86. The highest BCUT2D eigenvalue weighted by atomic mass is 35.5. The number of halogens is 1. The second-order valence-electron chi connectivity index (χ2n) is 8.15. The van der Waals surface area contributed by atoms with Crippen molar-refractivity contribution in [2.24, 2.45) is 0 Å². The first-order chi connectivity index (χ1) is 13.2. The van der Waals surface area contributed by atoms with Crippen LogP contribution < -0.4 is 4.43 Å². The molecule has 0 aliphatic heterocycles. The molecule has 0 saturated heterocycles. The molecule has 0 atom stereocenters. The van der Waals surface area contributed by atoms with E-state index in [1.165, 1.54) is 95.2 Å². The fourth-order valence-corrected chi connectivity index (χ4v) is 8.53. The molecule has 3 heteroatoms. The van der Waals surface area contributed by atoms with E-state index in [2.05, 4.69) is 32.9 Å². The van der Waals surface area contributed by atoms with E-state index in [1.54, 1.807) is 0 Å². The van der Waals surface area contributed by atoms with Crippen molar-refractivity contribution < 1.29 is 4.43 Å². The van der Waals surface area contributed by atoms with Crippen LogP contribution in [0.3, 0.4) is 0 Å². The summed E-state index contributed by atoms with van der Waals surface area (Å²) in [7, 11) is -1.80. The lowest BCUT2D eigenvalue weighted by atomic mass is 10.2. The van der Waals surface area contributed by atoms with Gasteiger partial charge in [-0.25, -0.2) is 0 Å². The summed E-state index contributed by atoms with van der Waals surface area (Å²) in [5, 5.41) is 0.782. The van der Waals surface area contributed by atoms with Crippen molar-refractivity contribution >= 4 is 19.9 Å². The van der Waals surface area contributed by atoms with Gasteiger partial charge in [0, 0.05) is 0 Å². The SMILES string of the molecule is CCCCCC[Si](CCCCCC)(CCCCCC)Oc1ccccc1Cl. The maximum Gasteiger partial charge on any atom is 0.251 e. The standard InChI is InChI=1S/C24H43ClOSi/c1-4-7-10-15-20-27(21-16-11-8-5-2,22-17-12-9-6-3)26-24-19-14-13-18-23(24)25/h13-14,18-19H,4-12,15-17,20-22H2,1-3H3. The summed E-state index contributed by atoms with van der Waals surface area (Å²) < 4.78 is 6.88. The molecular formula is C24H43ClOSi. The fraction of sp³-hybridized carbons (Fsp3) is 0.750. The zero-order valence-corrected chi connectivity index (χ0v) is 20.0. The molecule has 0 radical (unpaired) electrons. The molecule has 1 aromatic carbocycles. The van der Waals surface area contributed by atoms with Gasteiger partial charge >= 0.3 is 0 Å². The summed E-state index contributed by atoms with van der Waals surface area (Å²) in [5.74, 6) is 0.937. The minimum absolute atomic E-state index is 0.782. The van der Waals surface area contributed by atoms with Crippen LogP contribution in [0.4, 0.5) is 0 Å². The zero-order valence-electron chi connectivity index (χ0n) is 18.2. The first-order valence-corrected chi connectivity index (χ1v) is 14.5. The molecule has 0 N–H and O–H groups in total. The van der Waals surface area contributed by atoms with Crippen LogP contribution >= 0.6 is 11.6 Å². The van der Waals surface area contributed by atoms with Gasteiger partial charge in [0.15, 0.2) is 0 Å². The van der Waals surface area contributed by atoms with Gasteiger partial charge in [-0.15, -0.1) is 0 Å². The van der Waals surface area contributed by atoms with Gasteiger partial charge in [0.05, 0.1) is 5.02 Å². The maximum atomic E-state index is 6.88. The van der Waals surface area contributed by atoms with Gasteiger partial charge in [0.1, 0.15) is 5.75 Å². The molecular weight excluding hydrogens is 368 g/mol. The van der Waals surface area contributed by atoms with Gasteiger partial charge < -0.3 is 4.43 Å². The molecule has 0 fully saturated rings. The number of hydrogen-bond donors (Lipinski definition) is 0. The van der Waals surface area contributed by atoms with E-state index in [0.29, 0.717) is 0 Å². The van der Waals surface area contributed by atoms with E-state index in [-0.39, 0.29) is 0 Å². The molecule has 0 saturated carbocycles. The Morgan fingerprint density at radius 2 is 1.11 bits per heavy atom. The molecule has 1 aromatic rings. The molecule has 0 unspecified atom stereocenters. The second-order valence-corrected chi connectivity index (χ2v) is 12.6. The van der Waals surface area contributed by atoms with Crippen molar-refractivity contribution in [1.82, 2.24) is 0 Å². The third kappa shape index (κ3) is 10.6. The third-order valence-electron chi connectivity index (χ3n) is 5.62. The summed E-state index contributed by atoms with van der Waals surface area (Å²) in [6.07, 6.45) is 16.0. The molecule has 0 heterocycles. The maximum absolute atomic E-state index is 6.88. The lowest BCUT2D eigenvalue weighted by molar-refractivity contribution is 0.502. The second kappa shape index (κ2) is 15.4. The predicted molar refractivity (Wildman–Crippen MR) is 125 cm³/mol. The van der Waals surface area contributed by atoms with Crippen molar-refractivity contribution in [3.63, 3.8) is 0 Å². The predicted octanol–water partition coefficient (Wildman–Crippen LogP) is 9.41. The van der Waals surface area contributed by atoms with Crippen LogP contribution in [-0.2, 0) is 0 Å². The number of hydrogen-bond acceptors (Lipinski definition) is 1. The molecule has 0 aromatic heterocycles. The van der Waals surface area contributed by atoms with Gasteiger partial charge in [-0.2, -0.15) is 0 Å². The van der Waals surface area contributed by atoms with Gasteiger partial charge in [0.2, 0.25) is 0 Å². The van der Waals surface area contributed by atoms with Crippen molar-refractivity contribution in [2.45, 2.75) is 116 Å². The van der Waals surface area contributed by atoms with Crippen LogP contribution in [0.1, 0.15) is 97.8 Å².